The molecule has 0 aromatic heterocycles. The first kappa shape index (κ1) is 22.5. The molecular formula is C24H28N2O5. The Morgan fingerprint density at radius 2 is 1.65 bits per heavy atom. The molecule has 2 unspecified atom stereocenters. The van der Waals surface area contributed by atoms with Crippen LogP contribution in [-0.2, 0) is 20.8 Å². The van der Waals surface area contributed by atoms with Gasteiger partial charge < -0.3 is 15.1 Å². The lowest BCUT2D eigenvalue weighted by Gasteiger charge is -2.31. The van der Waals surface area contributed by atoms with Gasteiger partial charge in [-0.1, -0.05) is 60.7 Å². The normalized spacial score (nSPS) is 20.1. The summed E-state index contributed by atoms with van der Waals surface area (Å²) in [6.07, 6.45) is 2.68. The average molecular weight is 424 g/mol. The van der Waals surface area contributed by atoms with Gasteiger partial charge in [-0.05, 0) is 43.2 Å². The smallest absolute Gasteiger partial charge is 0.323 e. The quantitative estimate of drug-likeness (QED) is 0.571. The van der Waals surface area contributed by atoms with Crippen molar-refractivity contribution in [1.82, 2.24) is 10.2 Å². The molecule has 164 valence electrons. The number of hydrogen-bond donors (Lipinski definition) is 3. The molecule has 1 aliphatic heterocycles. The minimum Gasteiger partial charge on any atom is -0.480 e. The number of amides is 1. The zero-order chi connectivity index (χ0) is 22.2. The van der Waals surface area contributed by atoms with Crippen LogP contribution in [0.4, 0.5) is 0 Å². The number of carboxylic acids is 2. The number of hydrogen-bond acceptors (Lipinski definition) is 4. The molecule has 0 radical (unpaired) electrons. The number of aryl methyl sites for hydroxylation is 1. The Bertz CT molecular complexity index is 887. The van der Waals surface area contributed by atoms with E-state index in [1.165, 1.54) is 4.90 Å². The van der Waals surface area contributed by atoms with Gasteiger partial charge in [0.2, 0.25) is 5.91 Å². The van der Waals surface area contributed by atoms with Crippen molar-refractivity contribution in [2.75, 3.05) is 6.54 Å². The molecule has 1 aliphatic rings. The fourth-order valence-electron chi connectivity index (χ4n) is 4.14. The molecule has 7 nitrogen and oxygen atoms in total. The highest BCUT2D eigenvalue weighted by Crippen LogP contribution is 2.31. The van der Waals surface area contributed by atoms with Gasteiger partial charge in [0.05, 0.1) is 12.1 Å². The molecule has 2 aromatic rings. The predicted molar refractivity (Wildman–Crippen MR) is 115 cm³/mol. The molecule has 3 atom stereocenters. The number of benzene rings is 2. The number of carbonyl (C=O) groups excluding carboxylic acids is 1. The van der Waals surface area contributed by atoms with E-state index in [2.05, 4.69) is 5.32 Å². The van der Waals surface area contributed by atoms with Gasteiger partial charge in [-0.25, -0.2) is 0 Å². The van der Waals surface area contributed by atoms with Crippen LogP contribution in [0.1, 0.15) is 42.9 Å². The predicted octanol–water partition coefficient (Wildman–Crippen LogP) is 2.87. The Kier molecular flexibility index (Phi) is 7.78. The lowest BCUT2D eigenvalue weighted by Crippen LogP contribution is -2.52. The Morgan fingerprint density at radius 3 is 2.26 bits per heavy atom. The van der Waals surface area contributed by atoms with E-state index in [1.54, 1.807) is 0 Å². The Morgan fingerprint density at radius 1 is 1.00 bits per heavy atom. The first-order valence-corrected chi connectivity index (χ1v) is 10.6. The van der Waals surface area contributed by atoms with Gasteiger partial charge in [-0.15, -0.1) is 0 Å². The van der Waals surface area contributed by atoms with E-state index in [0.29, 0.717) is 32.1 Å². The summed E-state index contributed by atoms with van der Waals surface area (Å²) >= 11 is 0. The zero-order valence-corrected chi connectivity index (χ0v) is 17.3. The van der Waals surface area contributed by atoms with Crippen molar-refractivity contribution in [3.8, 4) is 0 Å². The van der Waals surface area contributed by atoms with E-state index in [0.717, 1.165) is 11.1 Å². The number of rotatable bonds is 9. The Labute approximate surface area is 181 Å². The SMILES string of the molecule is O=C(O)CN1C(=O)C(N[C@@H](CCc2ccccc2)C(=O)O)CCCC1c1ccccc1. The number of likely N-dealkylation sites (tertiary alicyclic amines) is 1. The highest BCUT2D eigenvalue weighted by molar-refractivity contribution is 5.87. The molecule has 1 saturated heterocycles. The lowest BCUT2D eigenvalue weighted by molar-refractivity contribution is -0.148. The topological polar surface area (TPSA) is 107 Å². The summed E-state index contributed by atoms with van der Waals surface area (Å²) in [6.45, 7) is -0.418. The van der Waals surface area contributed by atoms with Crippen molar-refractivity contribution in [2.24, 2.45) is 0 Å². The second kappa shape index (κ2) is 10.7. The van der Waals surface area contributed by atoms with Crippen LogP contribution in [0.15, 0.2) is 60.7 Å². The van der Waals surface area contributed by atoms with E-state index in [9.17, 15) is 24.6 Å². The fourth-order valence-corrected chi connectivity index (χ4v) is 4.14. The molecule has 1 amide bonds. The maximum atomic E-state index is 13.3. The van der Waals surface area contributed by atoms with Gasteiger partial charge in [0.15, 0.2) is 0 Å². The summed E-state index contributed by atoms with van der Waals surface area (Å²) in [5.74, 6) is -2.47. The van der Waals surface area contributed by atoms with Gasteiger partial charge in [0.1, 0.15) is 12.6 Å². The molecule has 0 bridgehead atoms. The summed E-state index contributed by atoms with van der Waals surface area (Å²) in [6, 6.07) is 17.0. The minimum absolute atomic E-state index is 0.337. The van der Waals surface area contributed by atoms with Crippen molar-refractivity contribution in [2.45, 2.75) is 50.2 Å². The molecule has 0 aliphatic carbocycles. The van der Waals surface area contributed by atoms with Crippen LogP contribution in [0, 0.1) is 0 Å². The molecule has 0 saturated carbocycles. The minimum atomic E-state index is -1.09. The standard InChI is InChI=1S/C24H28N2O5/c27-22(28)16-26-21(18-10-5-2-6-11-18)13-7-12-19(23(26)29)25-20(24(30)31)15-14-17-8-3-1-4-9-17/h1-6,8-11,19-21,25H,7,12-16H2,(H,27,28)(H,30,31)/t19?,20-,21?/m0/s1. The maximum absolute atomic E-state index is 13.3. The van der Waals surface area contributed by atoms with Crippen LogP contribution >= 0.6 is 0 Å². The summed E-state index contributed by atoms with van der Waals surface area (Å²) in [5, 5.41) is 22.1. The van der Waals surface area contributed by atoms with E-state index < -0.39 is 30.6 Å². The number of carboxylic acid groups (broad SMARTS) is 2. The van der Waals surface area contributed by atoms with Crippen LogP contribution in [0.5, 0.6) is 0 Å². The fraction of sp³-hybridized carbons (Fsp3) is 0.375. The van der Waals surface area contributed by atoms with Crippen LogP contribution in [0.2, 0.25) is 0 Å². The van der Waals surface area contributed by atoms with Crippen LogP contribution in [-0.4, -0.2) is 51.6 Å². The zero-order valence-electron chi connectivity index (χ0n) is 17.3. The van der Waals surface area contributed by atoms with Crippen molar-refractivity contribution in [1.29, 1.82) is 0 Å². The third-order valence-electron chi connectivity index (χ3n) is 5.68. The molecule has 1 fully saturated rings. The summed E-state index contributed by atoms with van der Waals surface area (Å²) in [5.41, 5.74) is 1.91. The largest absolute Gasteiger partial charge is 0.480 e. The van der Waals surface area contributed by atoms with Gasteiger partial charge in [0, 0.05) is 0 Å². The summed E-state index contributed by atoms with van der Waals surface area (Å²) < 4.78 is 0. The van der Waals surface area contributed by atoms with E-state index >= 15 is 0 Å². The van der Waals surface area contributed by atoms with Crippen LogP contribution < -0.4 is 5.32 Å². The Hall–Kier alpha value is -3.19. The lowest BCUT2D eigenvalue weighted by atomic mass is 10.0. The van der Waals surface area contributed by atoms with Crippen LogP contribution in [0.25, 0.3) is 0 Å². The second-order valence-electron chi connectivity index (χ2n) is 7.85. The maximum Gasteiger partial charge on any atom is 0.323 e. The third kappa shape index (κ3) is 6.15. The number of nitrogens with zero attached hydrogens (tertiary/aromatic N) is 1. The van der Waals surface area contributed by atoms with Crippen molar-refractivity contribution in [3.63, 3.8) is 0 Å². The highest BCUT2D eigenvalue weighted by Gasteiger charge is 2.36. The molecule has 0 spiro atoms. The molecular weight excluding hydrogens is 396 g/mol. The van der Waals surface area contributed by atoms with Crippen molar-refractivity contribution < 1.29 is 24.6 Å². The average Bonchev–Trinajstić information content (AvgIpc) is 2.91. The highest BCUT2D eigenvalue weighted by atomic mass is 16.4. The van der Waals surface area contributed by atoms with Crippen molar-refractivity contribution >= 4 is 17.8 Å². The number of nitrogens with one attached hydrogen (secondary N) is 1. The molecule has 31 heavy (non-hydrogen) atoms. The van der Waals surface area contributed by atoms with Crippen molar-refractivity contribution in [3.05, 3.63) is 71.8 Å². The molecule has 3 N–H and O–H groups in total. The second-order valence-corrected chi connectivity index (χ2v) is 7.85. The van der Waals surface area contributed by atoms with Gasteiger partial charge in [-0.3, -0.25) is 19.7 Å². The third-order valence-corrected chi connectivity index (χ3v) is 5.68. The Balaban J connectivity index is 1.75. The first-order chi connectivity index (χ1) is 15.0. The van der Waals surface area contributed by atoms with Gasteiger partial charge >= 0.3 is 11.9 Å². The van der Waals surface area contributed by atoms with Gasteiger partial charge in [-0.2, -0.15) is 0 Å². The van der Waals surface area contributed by atoms with Gasteiger partial charge in [0.25, 0.3) is 0 Å². The van der Waals surface area contributed by atoms with E-state index in [4.69, 9.17) is 0 Å². The molecule has 2 aromatic carbocycles. The van der Waals surface area contributed by atoms with Crippen LogP contribution in [0.3, 0.4) is 0 Å². The van der Waals surface area contributed by atoms with E-state index in [-0.39, 0.29) is 11.9 Å². The summed E-state index contributed by atoms with van der Waals surface area (Å²) in [7, 11) is 0. The molecule has 3 rings (SSSR count). The van der Waals surface area contributed by atoms with E-state index in [1.807, 2.05) is 60.7 Å². The molecule has 7 heteroatoms. The first-order valence-electron chi connectivity index (χ1n) is 10.6. The summed E-state index contributed by atoms with van der Waals surface area (Å²) in [4.78, 5) is 38.0. The number of aliphatic carboxylic acids is 2. The number of carbonyl (C=O) groups is 3. The molecule has 1 heterocycles. The monoisotopic (exact) mass is 424 g/mol.